The molecule has 0 saturated heterocycles. The summed E-state index contributed by atoms with van der Waals surface area (Å²) in [5, 5.41) is 6.72. The van der Waals surface area contributed by atoms with Crippen molar-refractivity contribution in [2.24, 2.45) is 4.99 Å². The minimum absolute atomic E-state index is 0.745. The molecule has 0 aliphatic rings. The van der Waals surface area contributed by atoms with Gasteiger partial charge >= 0.3 is 0 Å². The van der Waals surface area contributed by atoms with Crippen molar-refractivity contribution in [3.8, 4) is 0 Å². The predicted molar refractivity (Wildman–Crippen MR) is 99.0 cm³/mol. The smallest absolute Gasteiger partial charge is 0.191 e. The van der Waals surface area contributed by atoms with Crippen LogP contribution in [0.5, 0.6) is 0 Å². The summed E-state index contributed by atoms with van der Waals surface area (Å²) in [5.41, 5.74) is 5.00. The Kier molecular flexibility index (Phi) is 6.03. The second-order valence-corrected chi connectivity index (χ2v) is 5.77. The Morgan fingerprint density at radius 1 is 1.00 bits per heavy atom. The van der Waals surface area contributed by atoms with Crippen molar-refractivity contribution in [1.29, 1.82) is 0 Å². The maximum Gasteiger partial charge on any atom is 0.191 e. The van der Waals surface area contributed by atoms with Crippen LogP contribution in [0.3, 0.4) is 0 Å². The van der Waals surface area contributed by atoms with Gasteiger partial charge < -0.3 is 15.5 Å². The lowest BCUT2D eigenvalue weighted by Crippen LogP contribution is -2.36. The topological polar surface area (TPSA) is 39.7 Å². The molecule has 23 heavy (non-hydrogen) atoms. The molecule has 0 atom stereocenters. The zero-order valence-corrected chi connectivity index (χ0v) is 14.4. The van der Waals surface area contributed by atoms with Gasteiger partial charge in [0.25, 0.3) is 0 Å². The van der Waals surface area contributed by atoms with Crippen molar-refractivity contribution in [3.63, 3.8) is 0 Å². The van der Waals surface area contributed by atoms with E-state index >= 15 is 0 Å². The van der Waals surface area contributed by atoms with Crippen molar-refractivity contribution >= 4 is 11.6 Å². The Labute approximate surface area is 139 Å². The number of nitrogens with one attached hydrogen (secondary N) is 2. The zero-order chi connectivity index (χ0) is 16.7. The lowest BCUT2D eigenvalue weighted by Gasteiger charge is -2.15. The molecular weight excluding hydrogens is 284 g/mol. The minimum atomic E-state index is 0.745. The van der Waals surface area contributed by atoms with E-state index in [4.69, 9.17) is 0 Å². The van der Waals surface area contributed by atoms with Crippen LogP contribution in [0.4, 0.5) is 5.69 Å². The van der Waals surface area contributed by atoms with E-state index in [-0.39, 0.29) is 0 Å². The number of anilines is 1. The van der Waals surface area contributed by atoms with Crippen molar-refractivity contribution in [1.82, 2.24) is 10.6 Å². The first-order valence-electron chi connectivity index (χ1n) is 7.85. The Balaban J connectivity index is 1.91. The number of hydrogen-bond acceptors (Lipinski definition) is 2. The highest BCUT2D eigenvalue weighted by Gasteiger charge is 2.02. The van der Waals surface area contributed by atoms with E-state index in [1.54, 1.807) is 7.05 Å². The summed E-state index contributed by atoms with van der Waals surface area (Å²) in [6, 6.07) is 16.9. The van der Waals surface area contributed by atoms with Crippen LogP contribution in [0.1, 0.15) is 16.7 Å². The third-order valence-corrected chi connectivity index (χ3v) is 3.82. The Morgan fingerprint density at radius 2 is 1.74 bits per heavy atom. The highest BCUT2D eigenvalue weighted by atomic mass is 15.2. The molecule has 0 fully saturated rings. The van der Waals surface area contributed by atoms with E-state index in [1.807, 2.05) is 0 Å². The summed E-state index contributed by atoms with van der Waals surface area (Å²) in [5.74, 6) is 0.809. The molecule has 0 aliphatic carbocycles. The SMILES string of the molecule is CN=C(NCc1cccc(N(C)C)c1)NCc1ccccc1C. The van der Waals surface area contributed by atoms with E-state index in [0.29, 0.717) is 0 Å². The van der Waals surface area contributed by atoms with Crippen LogP contribution in [0, 0.1) is 6.92 Å². The van der Waals surface area contributed by atoms with Crippen LogP contribution in [0.25, 0.3) is 0 Å². The van der Waals surface area contributed by atoms with E-state index in [1.165, 1.54) is 22.4 Å². The van der Waals surface area contributed by atoms with Crippen molar-refractivity contribution in [2.75, 3.05) is 26.0 Å². The van der Waals surface area contributed by atoms with Crippen molar-refractivity contribution in [2.45, 2.75) is 20.0 Å². The molecule has 2 aromatic carbocycles. The van der Waals surface area contributed by atoms with Gasteiger partial charge in [0.2, 0.25) is 0 Å². The van der Waals surface area contributed by atoms with Gasteiger partial charge in [0.05, 0.1) is 0 Å². The average Bonchev–Trinajstić information content (AvgIpc) is 2.56. The Hall–Kier alpha value is -2.49. The third-order valence-electron chi connectivity index (χ3n) is 3.82. The second-order valence-electron chi connectivity index (χ2n) is 5.77. The molecule has 0 radical (unpaired) electrons. The van der Waals surface area contributed by atoms with Crippen LogP contribution < -0.4 is 15.5 Å². The molecule has 4 heteroatoms. The van der Waals surface area contributed by atoms with Crippen molar-refractivity contribution in [3.05, 3.63) is 65.2 Å². The maximum absolute atomic E-state index is 4.29. The first kappa shape index (κ1) is 16.9. The molecule has 0 spiro atoms. The standard InChI is InChI=1S/C19H26N4/c1-15-8-5-6-10-17(15)14-22-19(20-2)21-13-16-9-7-11-18(12-16)23(3)4/h5-12H,13-14H2,1-4H3,(H2,20,21,22). The van der Waals surface area contributed by atoms with Gasteiger partial charge in [-0.05, 0) is 35.7 Å². The van der Waals surface area contributed by atoms with Gasteiger partial charge in [-0.3, -0.25) is 4.99 Å². The van der Waals surface area contributed by atoms with Gasteiger partial charge in [0.1, 0.15) is 0 Å². The van der Waals surface area contributed by atoms with E-state index < -0.39 is 0 Å². The van der Waals surface area contributed by atoms with Gasteiger partial charge in [-0.25, -0.2) is 0 Å². The first-order chi connectivity index (χ1) is 11.1. The fourth-order valence-electron chi connectivity index (χ4n) is 2.34. The van der Waals surface area contributed by atoms with E-state index in [0.717, 1.165) is 19.0 Å². The van der Waals surface area contributed by atoms with Crippen LogP contribution in [0.15, 0.2) is 53.5 Å². The molecule has 0 aliphatic heterocycles. The number of rotatable bonds is 5. The summed E-state index contributed by atoms with van der Waals surface area (Å²) in [6.07, 6.45) is 0. The first-order valence-corrected chi connectivity index (χ1v) is 7.85. The molecule has 4 nitrogen and oxygen atoms in total. The fraction of sp³-hybridized carbons (Fsp3) is 0.316. The number of hydrogen-bond donors (Lipinski definition) is 2. The number of aryl methyl sites for hydroxylation is 1. The maximum atomic E-state index is 4.29. The molecule has 0 bridgehead atoms. The molecule has 2 aromatic rings. The van der Waals surface area contributed by atoms with E-state index in [2.05, 4.69) is 90.1 Å². The van der Waals surface area contributed by atoms with Gasteiger partial charge in [-0.2, -0.15) is 0 Å². The molecule has 0 aromatic heterocycles. The quantitative estimate of drug-likeness (QED) is 0.659. The van der Waals surface area contributed by atoms with Crippen LogP contribution in [-0.2, 0) is 13.1 Å². The molecule has 0 saturated carbocycles. The number of guanidine groups is 1. The summed E-state index contributed by atoms with van der Waals surface area (Å²) in [7, 11) is 5.90. The van der Waals surface area contributed by atoms with Crippen LogP contribution >= 0.6 is 0 Å². The zero-order valence-electron chi connectivity index (χ0n) is 14.4. The summed E-state index contributed by atoms with van der Waals surface area (Å²) < 4.78 is 0. The molecule has 0 heterocycles. The van der Waals surface area contributed by atoms with Crippen LogP contribution in [-0.4, -0.2) is 27.1 Å². The third kappa shape index (κ3) is 5.02. The van der Waals surface area contributed by atoms with Gasteiger partial charge in [0, 0.05) is 39.9 Å². The predicted octanol–water partition coefficient (Wildman–Crippen LogP) is 2.93. The Morgan fingerprint density at radius 3 is 2.43 bits per heavy atom. The van der Waals surface area contributed by atoms with E-state index in [9.17, 15) is 0 Å². The van der Waals surface area contributed by atoms with Crippen molar-refractivity contribution < 1.29 is 0 Å². The average molecular weight is 310 g/mol. The molecule has 0 unspecified atom stereocenters. The van der Waals surface area contributed by atoms with Gasteiger partial charge in [0.15, 0.2) is 5.96 Å². The van der Waals surface area contributed by atoms with Gasteiger partial charge in [-0.1, -0.05) is 36.4 Å². The number of benzene rings is 2. The number of nitrogens with zero attached hydrogens (tertiary/aromatic N) is 2. The lowest BCUT2D eigenvalue weighted by molar-refractivity contribution is 0.806. The molecule has 2 N–H and O–H groups in total. The minimum Gasteiger partial charge on any atom is -0.378 e. The molecule has 122 valence electrons. The lowest BCUT2D eigenvalue weighted by atomic mass is 10.1. The fourth-order valence-corrected chi connectivity index (χ4v) is 2.34. The number of aliphatic imine (C=N–C) groups is 1. The summed E-state index contributed by atoms with van der Waals surface area (Å²) in [6.45, 7) is 3.64. The van der Waals surface area contributed by atoms with Gasteiger partial charge in [-0.15, -0.1) is 0 Å². The molecule has 2 rings (SSSR count). The highest BCUT2D eigenvalue weighted by molar-refractivity contribution is 5.79. The molecular formula is C19H26N4. The second kappa shape index (κ2) is 8.22. The largest absolute Gasteiger partial charge is 0.378 e. The summed E-state index contributed by atoms with van der Waals surface area (Å²) in [4.78, 5) is 6.40. The highest BCUT2D eigenvalue weighted by Crippen LogP contribution is 2.13. The Bertz CT molecular complexity index is 662. The molecule has 0 amide bonds. The summed E-state index contributed by atoms with van der Waals surface area (Å²) >= 11 is 0. The monoisotopic (exact) mass is 310 g/mol. The van der Waals surface area contributed by atoms with Crippen LogP contribution in [0.2, 0.25) is 0 Å². The normalized spacial score (nSPS) is 11.2.